The van der Waals surface area contributed by atoms with E-state index in [0.717, 1.165) is 0 Å². The van der Waals surface area contributed by atoms with Gasteiger partial charge in [0.2, 0.25) is 0 Å². The average molecular weight is 500 g/mol. The second kappa shape index (κ2) is 10.6. The van der Waals surface area contributed by atoms with Gasteiger partial charge in [0.05, 0.1) is 25.5 Å². The number of nitrogens with zero attached hydrogens (tertiary/aromatic N) is 2. The van der Waals surface area contributed by atoms with Crippen LogP contribution in [0.1, 0.15) is 21.5 Å². The SMILES string of the molecule is COc1ccc(C(=O)Nc2cnn(Cc3ccc(F)cc3Cl)c2)cc1COc1ccc(Cl)cc1. The molecule has 0 spiro atoms. The summed E-state index contributed by atoms with van der Waals surface area (Å²) in [7, 11) is 1.56. The summed E-state index contributed by atoms with van der Waals surface area (Å²) in [5.41, 5.74) is 2.37. The Balaban J connectivity index is 1.43. The van der Waals surface area contributed by atoms with Gasteiger partial charge in [0, 0.05) is 27.4 Å². The number of nitrogens with one attached hydrogen (secondary N) is 1. The summed E-state index contributed by atoms with van der Waals surface area (Å²) in [6, 6.07) is 16.3. The van der Waals surface area contributed by atoms with Gasteiger partial charge in [-0.15, -0.1) is 0 Å². The molecule has 1 amide bonds. The minimum Gasteiger partial charge on any atom is -0.496 e. The fraction of sp³-hybridized carbons (Fsp3) is 0.120. The molecule has 0 bridgehead atoms. The lowest BCUT2D eigenvalue weighted by molar-refractivity contribution is 0.102. The highest BCUT2D eigenvalue weighted by Gasteiger charge is 2.13. The summed E-state index contributed by atoms with van der Waals surface area (Å²) < 4.78 is 26.1. The van der Waals surface area contributed by atoms with Crippen molar-refractivity contribution in [2.45, 2.75) is 13.2 Å². The van der Waals surface area contributed by atoms with Crippen molar-refractivity contribution in [2.24, 2.45) is 0 Å². The Morgan fingerprint density at radius 2 is 1.85 bits per heavy atom. The summed E-state index contributed by atoms with van der Waals surface area (Å²) in [5, 5.41) is 7.99. The summed E-state index contributed by atoms with van der Waals surface area (Å²) in [4.78, 5) is 12.8. The topological polar surface area (TPSA) is 65.4 Å². The summed E-state index contributed by atoms with van der Waals surface area (Å²) in [6.07, 6.45) is 3.20. The Bertz CT molecular complexity index is 1310. The Morgan fingerprint density at radius 3 is 2.59 bits per heavy atom. The van der Waals surface area contributed by atoms with Gasteiger partial charge in [-0.1, -0.05) is 29.3 Å². The minimum atomic E-state index is -0.403. The number of ether oxygens (including phenoxy) is 2. The van der Waals surface area contributed by atoms with Gasteiger partial charge in [-0.05, 0) is 60.2 Å². The minimum absolute atomic E-state index is 0.211. The number of hydrogen-bond acceptors (Lipinski definition) is 4. The average Bonchev–Trinajstić information content (AvgIpc) is 3.27. The van der Waals surface area contributed by atoms with Crippen LogP contribution in [0, 0.1) is 5.82 Å². The van der Waals surface area contributed by atoms with Crippen LogP contribution >= 0.6 is 23.2 Å². The molecule has 0 aliphatic rings. The molecule has 1 heterocycles. The number of carbonyl (C=O) groups excluding carboxylic acids is 1. The first kappa shape index (κ1) is 23.6. The van der Waals surface area contributed by atoms with Crippen LogP contribution in [0.2, 0.25) is 10.0 Å². The van der Waals surface area contributed by atoms with Crippen LogP contribution in [0.3, 0.4) is 0 Å². The quantitative estimate of drug-likeness (QED) is 0.312. The molecule has 1 N–H and O–H groups in total. The number of amides is 1. The van der Waals surface area contributed by atoms with Crippen LogP contribution in [0.4, 0.5) is 10.1 Å². The van der Waals surface area contributed by atoms with Gasteiger partial charge < -0.3 is 14.8 Å². The molecule has 6 nitrogen and oxygen atoms in total. The lowest BCUT2D eigenvalue weighted by Gasteiger charge is -2.12. The third-order valence-electron chi connectivity index (χ3n) is 4.99. The molecule has 0 fully saturated rings. The lowest BCUT2D eigenvalue weighted by atomic mass is 10.1. The number of hydrogen-bond donors (Lipinski definition) is 1. The van der Waals surface area contributed by atoms with E-state index in [1.54, 1.807) is 66.5 Å². The zero-order chi connectivity index (χ0) is 24.1. The largest absolute Gasteiger partial charge is 0.496 e. The number of rotatable bonds is 8. The fourth-order valence-electron chi connectivity index (χ4n) is 3.27. The van der Waals surface area contributed by atoms with Gasteiger partial charge >= 0.3 is 0 Å². The molecule has 0 atom stereocenters. The first-order chi connectivity index (χ1) is 16.4. The molecular formula is C25H20Cl2FN3O3. The number of methoxy groups -OCH3 is 1. The van der Waals surface area contributed by atoms with Crippen LogP contribution in [0.5, 0.6) is 11.5 Å². The van der Waals surface area contributed by atoms with E-state index < -0.39 is 5.82 Å². The Hall–Kier alpha value is -3.55. The standard InChI is InChI=1S/C25H20Cl2FN3O3/c1-33-24-9-3-16(10-18(24)15-34-22-7-4-19(26)5-8-22)25(32)30-21-12-29-31(14-21)13-17-2-6-20(28)11-23(17)27/h2-12,14H,13,15H2,1H3,(H,30,32). The highest BCUT2D eigenvalue weighted by atomic mass is 35.5. The number of anilines is 1. The first-order valence-corrected chi connectivity index (χ1v) is 11.0. The predicted molar refractivity (Wildman–Crippen MR) is 129 cm³/mol. The van der Waals surface area contributed by atoms with Gasteiger partial charge in [-0.2, -0.15) is 5.10 Å². The molecule has 9 heteroatoms. The monoisotopic (exact) mass is 499 g/mol. The van der Waals surface area contributed by atoms with E-state index in [1.165, 1.54) is 18.3 Å². The predicted octanol–water partition coefficient (Wildman–Crippen LogP) is 6.22. The van der Waals surface area contributed by atoms with Crippen LogP contribution in [-0.4, -0.2) is 22.8 Å². The lowest BCUT2D eigenvalue weighted by Crippen LogP contribution is -2.12. The number of halogens is 3. The molecule has 4 aromatic rings. The number of carbonyl (C=O) groups is 1. The summed E-state index contributed by atoms with van der Waals surface area (Å²) in [5.74, 6) is 0.541. The zero-order valence-electron chi connectivity index (χ0n) is 18.1. The Morgan fingerprint density at radius 1 is 1.06 bits per heavy atom. The van der Waals surface area contributed by atoms with E-state index in [0.29, 0.717) is 50.5 Å². The molecule has 0 aliphatic carbocycles. The van der Waals surface area contributed by atoms with Crippen molar-refractivity contribution in [1.82, 2.24) is 9.78 Å². The van der Waals surface area contributed by atoms with Crippen molar-refractivity contribution in [3.05, 3.63) is 106 Å². The maximum atomic E-state index is 13.2. The van der Waals surface area contributed by atoms with Crippen LogP contribution < -0.4 is 14.8 Å². The molecule has 34 heavy (non-hydrogen) atoms. The molecule has 0 saturated carbocycles. The highest BCUT2D eigenvalue weighted by molar-refractivity contribution is 6.31. The van der Waals surface area contributed by atoms with Crippen molar-refractivity contribution in [3.8, 4) is 11.5 Å². The molecule has 0 aliphatic heterocycles. The maximum absolute atomic E-state index is 13.2. The van der Waals surface area contributed by atoms with Gasteiger partial charge in [0.25, 0.3) is 5.91 Å². The van der Waals surface area contributed by atoms with Crippen LogP contribution in [0.25, 0.3) is 0 Å². The van der Waals surface area contributed by atoms with Crippen LogP contribution in [0.15, 0.2) is 73.1 Å². The van der Waals surface area contributed by atoms with Gasteiger partial charge in [0.15, 0.2) is 0 Å². The van der Waals surface area contributed by atoms with Crippen molar-refractivity contribution in [2.75, 3.05) is 12.4 Å². The smallest absolute Gasteiger partial charge is 0.255 e. The second-order valence-corrected chi connectivity index (χ2v) is 8.23. The van der Waals surface area contributed by atoms with E-state index in [-0.39, 0.29) is 12.5 Å². The van der Waals surface area contributed by atoms with Crippen molar-refractivity contribution < 1.29 is 18.7 Å². The number of benzene rings is 3. The van der Waals surface area contributed by atoms with E-state index in [2.05, 4.69) is 10.4 Å². The summed E-state index contributed by atoms with van der Waals surface area (Å²) in [6.45, 7) is 0.548. The second-order valence-electron chi connectivity index (χ2n) is 7.39. The third-order valence-corrected chi connectivity index (χ3v) is 5.59. The van der Waals surface area contributed by atoms with E-state index in [4.69, 9.17) is 32.7 Å². The van der Waals surface area contributed by atoms with E-state index in [1.807, 2.05) is 0 Å². The Labute approximate surface area is 205 Å². The molecule has 0 unspecified atom stereocenters. The van der Waals surface area contributed by atoms with Crippen molar-refractivity contribution in [3.63, 3.8) is 0 Å². The normalized spacial score (nSPS) is 10.7. The van der Waals surface area contributed by atoms with E-state index >= 15 is 0 Å². The van der Waals surface area contributed by atoms with Gasteiger partial charge in [0.1, 0.15) is 23.9 Å². The maximum Gasteiger partial charge on any atom is 0.255 e. The molecule has 0 saturated heterocycles. The summed E-state index contributed by atoms with van der Waals surface area (Å²) >= 11 is 12.0. The van der Waals surface area contributed by atoms with Crippen molar-refractivity contribution >= 4 is 34.8 Å². The number of aromatic nitrogens is 2. The van der Waals surface area contributed by atoms with Crippen molar-refractivity contribution in [1.29, 1.82) is 0 Å². The third kappa shape index (κ3) is 5.87. The molecule has 1 aromatic heterocycles. The van der Waals surface area contributed by atoms with Gasteiger partial charge in [-0.3, -0.25) is 9.48 Å². The molecule has 0 radical (unpaired) electrons. The zero-order valence-corrected chi connectivity index (χ0v) is 19.6. The first-order valence-electron chi connectivity index (χ1n) is 10.2. The Kier molecular flexibility index (Phi) is 7.35. The highest BCUT2D eigenvalue weighted by Crippen LogP contribution is 2.24. The molecular weight excluding hydrogens is 480 g/mol. The van der Waals surface area contributed by atoms with Gasteiger partial charge in [-0.25, -0.2) is 4.39 Å². The van der Waals surface area contributed by atoms with E-state index in [9.17, 15) is 9.18 Å². The molecule has 3 aromatic carbocycles. The fourth-order valence-corrected chi connectivity index (χ4v) is 3.62. The molecule has 174 valence electrons. The van der Waals surface area contributed by atoms with Crippen LogP contribution in [-0.2, 0) is 13.2 Å². The molecule has 4 rings (SSSR count).